The van der Waals surface area contributed by atoms with E-state index in [1.807, 2.05) is 43.8 Å². The predicted molar refractivity (Wildman–Crippen MR) is 83.3 cm³/mol. The van der Waals surface area contributed by atoms with E-state index in [4.69, 9.17) is 0 Å². The number of carbonyl (C=O) groups excluding carboxylic acids is 1. The van der Waals surface area contributed by atoms with E-state index in [0.717, 1.165) is 11.3 Å². The normalized spacial score (nSPS) is 11.9. The van der Waals surface area contributed by atoms with Crippen molar-refractivity contribution in [3.63, 3.8) is 0 Å². The highest BCUT2D eigenvalue weighted by Crippen LogP contribution is 2.25. The number of carbonyl (C=O) groups is 1. The lowest BCUT2D eigenvalue weighted by Gasteiger charge is -2.16. The van der Waals surface area contributed by atoms with Crippen LogP contribution >= 0.6 is 11.3 Å². The number of amides is 1. The van der Waals surface area contributed by atoms with Crippen LogP contribution in [0.4, 0.5) is 5.69 Å². The zero-order valence-corrected chi connectivity index (χ0v) is 12.8. The molecule has 0 spiro atoms. The molecule has 1 aromatic heterocycles. The molecule has 0 saturated heterocycles. The van der Waals surface area contributed by atoms with Crippen LogP contribution < -0.4 is 10.6 Å². The standard InChI is InChI=1S/C15H19N3OS/c1-4-17-15(19)12-6-5-10(2)13(7-12)18-11(3)14-8-16-9-20-14/h5-9,11,18H,4H2,1-3H3,(H,17,19). The highest BCUT2D eigenvalue weighted by atomic mass is 32.1. The highest BCUT2D eigenvalue weighted by molar-refractivity contribution is 7.09. The summed E-state index contributed by atoms with van der Waals surface area (Å²) in [6.07, 6.45) is 1.87. The van der Waals surface area contributed by atoms with Gasteiger partial charge in [0, 0.05) is 28.9 Å². The third kappa shape index (κ3) is 3.36. The Kier molecular flexibility index (Phi) is 4.74. The minimum atomic E-state index is -0.0407. The Bertz CT molecular complexity index is 581. The maximum Gasteiger partial charge on any atom is 0.251 e. The monoisotopic (exact) mass is 289 g/mol. The van der Waals surface area contributed by atoms with Gasteiger partial charge >= 0.3 is 0 Å². The Morgan fingerprint density at radius 2 is 2.25 bits per heavy atom. The van der Waals surface area contributed by atoms with E-state index in [-0.39, 0.29) is 11.9 Å². The van der Waals surface area contributed by atoms with E-state index in [1.165, 1.54) is 4.88 Å². The molecule has 1 heterocycles. The van der Waals surface area contributed by atoms with Crippen molar-refractivity contribution < 1.29 is 4.79 Å². The van der Waals surface area contributed by atoms with Crippen molar-refractivity contribution in [3.05, 3.63) is 45.9 Å². The second-order valence-corrected chi connectivity index (χ2v) is 5.58. The maximum atomic E-state index is 11.9. The summed E-state index contributed by atoms with van der Waals surface area (Å²) in [4.78, 5) is 17.1. The summed E-state index contributed by atoms with van der Waals surface area (Å²) in [5, 5.41) is 6.26. The number of rotatable bonds is 5. The fourth-order valence-electron chi connectivity index (χ4n) is 1.93. The molecule has 1 amide bonds. The fraction of sp³-hybridized carbons (Fsp3) is 0.333. The molecule has 0 aliphatic heterocycles. The minimum absolute atomic E-state index is 0.0407. The molecular formula is C15H19N3OS. The SMILES string of the molecule is CCNC(=O)c1ccc(C)c(NC(C)c2cncs2)c1. The molecule has 1 atom stereocenters. The summed E-state index contributed by atoms with van der Waals surface area (Å²) in [5.74, 6) is -0.0407. The molecule has 4 nitrogen and oxygen atoms in total. The van der Waals surface area contributed by atoms with Crippen LogP contribution in [0.25, 0.3) is 0 Å². The van der Waals surface area contributed by atoms with Gasteiger partial charge in [0.25, 0.3) is 5.91 Å². The van der Waals surface area contributed by atoms with Crippen LogP contribution in [-0.4, -0.2) is 17.4 Å². The van der Waals surface area contributed by atoms with Crippen LogP contribution in [0.5, 0.6) is 0 Å². The first-order chi connectivity index (χ1) is 9.61. The topological polar surface area (TPSA) is 54.0 Å². The van der Waals surface area contributed by atoms with E-state index in [0.29, 0.717) is 12.1 Å². The molecule has 1 unspecified atom stereocenters. The zero-order valence-electron chi connectivity index (χ0n) is 11.9. The largest absolute Gasteiger partial charge is 0.377 e. The molecule has 0 aliphatic rings. The molecule has 0 aliphatic carbocycles. The lowest BCUT2D eigenvalue weighted by Crippen LogP contribution is -2.22. The van der Waals surface area contributed by atoms with Gasteiger partial charge in [-0.15, -0.1) is 11.3 Å². The first-order valence-corrected chi connectivity index (χ1v) is 7.53. The van der Waals surface area contributed by atoms with Crippen LogP contribution in [0.2, 0.25) is 0 Å². The second-order valence-electron chi connectivity index (χ2n) is 4.66. The van der Waals surface area contributed by atoms with E-state index < -0.39 is 0 Å². The molecule has 2 aromatic rings. The molecule has 0 fully saturated rings. The Morgan fingerprint density at radius 3 is 2.90 bits per heavy atom. The Morgan fingerprint density at radius 1 is 1.45 bits per heavy atom. The number of thiazole rings is 1. The first-order valence-electron chi connectivity index (χ1n) is 6.65. The molecule has 20 heavy (non-hydrogen) atoms. The zero-order chi connectivity index (χ0) is 14.5. The summed E-state index contributed by atoms with van der Waals surface area (Å²) in [6, 6.07) is 5.89. The Labute approximate surface area is 123 Å². The average molecular weight is 289 g/mol. The van der Waals surface area contributed by atoms with Crippen molar-refractivity contribution in [2.24, 2.45) is 0 Å². The quantitative estimate of drug-likeness (QED) is 0.887. The summed E-state index contributed by atoms with van der Waals surface area (Å²) < 4.78 is 0. The molecule has 2 N–H and O–H groups in total. The van der Waals surface area contributed by atoms with Gasteiger partial charge in [0.1, 0.15) is 0 Å². The van der Waals surface area contributed by atoms with Crippen LogP contribution in [0.1, 0.15) is 40.7 Å². The molecular weight excluding hydrogens is 270 g/mol. The Balaban J connectivity index is 2.18. The van der Waals surface area contributed by atoms with Gasteiger partial charge in [-0.1, -0.05) is 6.07 Å². The van der Waals surface area contributed by atoms with Crippen molar-refractivity contribution in [2.75, 3.05) is 11.9 Å². The minimum Gasteiger partial charge on any atom is -0.377 e. The van der Waals surface area contributed by atoms with Crippen LogP contribution in [0.15, 0.2) is 29.9 Å². The number of hydrogen-bond acceptors (Lipinski definition) is 4. The molecule has 106 valence electrons. The van der Waals surface area contributed by atoms with E-state index in [1.54, 1.807) is 11.3 Å². The summed E-state index contributed by atoms with van der Waals surface area (Å²) in [6.45, 7) is 6.67. The van der Waals surface area contributed by atoms with Gasteiger partial charge in [-0.25, -0.2) is 0 Å². The van der Waals surface area contributed by atoms with Crippen molar-refractivity contribution in [3.8, 4) is 0 Å². The molecule has 2 rings (SSSR count). The van der Waals surface area contributed by atoms with Crippen molar-refractivity contribution in [2.45, 2.75) is 26.8 Å². The van der Waals surface area contributed by atoms with Gasteiger partial charge in [-0.3, -0.25) is 9.78 Å². The van der Waals surface area contributed by atoms with Gasteiger partial charge in [0.15, 0.2) is 0 Å². The average Bonchev–Trinajstić information content (AvgIpc) is 2.95. The fourth-order valence-corrected chi connectivity index (χ4v) is 2.55. The maximum absolute atomic E-state index is 11.9. The van der Waals surface area contributed by atoms with E-state index in [2.05, 4.69) is 22.5 Å². The molecule has 5 heteroatoms. The number of aromatic nitrogens is 1. The summed E-state index contributed by atoms with van der Waals surface area (Å²) in [5.41, 5.74) is 4.60. The third-order valence-electron chi connectivity index (χ3n) is 3.09. The lowest BCUT2D eigenvalue weighted by molar-refractivity contribution is 0.0956. The molecule has 0 bridgehead atoms. The second kappa shape index (κ2) is 6.52. The number of anilines is 1. The molecule has 1 aromatic carbocycles. The van der Waals surface area contributed by atoms with E-state index in [9.17, 15) is 4.79 Å². The molecule has 0 saturated carbocycles. The predicted octanol–water partition coefficient (Wildman–Crippen LogP) is 3.37. The van der Waals surface area contributed by atoms with Gasteiger partial charge in [-0.05, 0) is 38.5 Å². The number of nitrogens with one attached hydrogen (secondary N) is 2. The number of benzene rings is 1. The van der Waals surface area contributed by atoms with Crippen molar-refractivity contribution in [1.29, 1.82) is 0 Å². The number of hydrogen-bond donors (Lipinski definition) is 2. The van der Waals surface area contributed by atoms with Crippen molar-refractivity contribution in [1.82, 2.24) is 10.3 Å². The van der Waals surface area contributed by atoms with Crippen LogP contribution in [-0.2, 0) is 0 Å². The van der Waals surface area contributed by atoms with Crippen LogP contribution in [0, 0.1) is 6.92 Å². The lowest BCUT2D eigenvalue weighted by atomic mass is 10.1. The smallest absolute Gasteiger partial charge is 0.251 e. The van der Waals surface area contributed by atoms with Gasteiger partial charge in [0.2, 0.25) is 0 Å². The summed E-state index contributed by atoms with van der Waals surface area (Å²) in [7, 11) is 0. The molecule has 0 radical (unpaired) electrons. The van der Waals surface area contributed by atoms with Gasteiger partial charge < -0.3 is 10.6 Å². The van der Waals surface area contributed by atoms with E-state index >= 15 is 0 Å². The highest BCUT2D eigenvalue weighted by Gasteiger charge is 2.11. The Hall–Kier alpha value is -1.88. The van der Waals surface area contributed by atoms with Gasteiger partial charge in [0.05, 0.1) is 11.6 Å². The third-order valence-corrected chi connectivity index (χ3v) is 4.05. The summed E-state index contributed by atoms with van der Waals surface area (Å²) >= 11 is 1.62. The van der Waals surface area contributed by atoms with Crippen molar-refractivity contribution >= 4 is 22.9 Å². The van der Waals surface area contributed by atoms with Gasteiger partial charge in [-0.2, -0.15) is 0 Å². The number of nitrogens with zero attached hydrogens (tertiary/aromatic N) is 1. The first kappa shape index (κ1) is 14.5. The number of aryl methyl sites for hydroxylation is 1. The van der Waals surface area contributed by atoms with Crippen LogP contribution in [0.3, 0.4) is 0 Å².